The zero-order valence-corrected chi connectivity index (χ0v) is 9.88. The molecule has 0 aromatic heterocycles. The molecule has 1 saturated heterocycles. The van der Waals surface area contributed by atoms with E-state index in [1.54, 1.807) is 4.90 Å². The Labute approximate surface area is 98.1 Å². The summed E-state index contributed by atoms with van der Waals surface area (Å²) in [7, 11) is 0. The predicted octanol–water partition coefficient (Wildman–Crippen LogP) is 0.774. The van der Waals surface area contributed by atoms with Crippen LogP contribution in [0.5, 0.6) is 0 Å². The largest absolute Gasteiger partial charge is 0.405 e. The monoisotopic (exact) mass is 254 g/mol. The summed E-state index contributed by atoms with van der Waals surface area (Å²) >= 11 is 0. The summed E-state index contributed by atoms with van der Waals surface area (Å²) in [6, 6.07) is 0. The molecule has 1 heterocycles. The number of ether oxygens (including phenoxy) is 1. The summed E-state index contributed by atoms with van der Waals surface area (Å²) in [4.78, 5) is 13.1. The van der Waals surface area contributed by atoms with Gasteiger partial charge in [0.15, 0.2) is 0 Å². The standard InChI is InChI=1S/C10H17F3N2O2/c1-7-3-15(4-8(2)17-7)5-9(16)14-6-10(11,12)13/h7-8H,3-6H2,1-2H3,(H,14,16). The van der Waals surface area contributed by atoms with Gasteiger partial charge in [0, 0.05) is 13.1 Å². The number of nitrogens with one attached hydrogen (secondary N) is 1. The number of morpholine rings is 1. The van der Waals surface area contributed by atoms with Crippen molar-refractivity contribution in [3.05, 3.63) is 0 Å². The molecule has 1 aliphatic heterocycles. The minimum Gasteiger partial charge on any atom is -0.373 e. The van der Waals surface area contributed by atoms with E-state index in [0.717, 1.165) is 0 Å². The molecule has 1 amide bonds. The van der Waals surface area contributed by atoms with Crippen LogP contribution in [0.1, 0.15) is 13.8 Å². The first-order valence-electron chi connectivity index (χ1n) is 5.47. The highest BCUT2D eigenvalue weighted by atomic mass is 19.4. The van der Waals surface area contributed by atoms with Crippen molar-refractivity contribution in [3.63, 3.8) is 0 Å². The molecule has 0 aromatic rings. The van der Waals surface area contributed by atoms with Gasteiger partial charge in [-0.2, -0.15) is 13.2 Å². The fourth-order valence-electron chi connectivity index (χ4n) is 1.87. The van der Waals surface area contributed by atoms with Gasteiger partial charge in [-0.25, -0.2) is 0 Å². The van der Waals surface area contributed by atoms with Crippen LogP contribution in [0.25, 0.3) is 0 Å². The van der Waals surface area contributed by atoms with E-state index in [2.05, 4.69) is 0 Å². The molecule has 0 spiro atoms. The lowest BCUT2D eigenvalue weighted by Gasteiger charge is -2.34. The topological polar surface area (TPSA) is 41.6 Å². The summed E-state index contributed by atoms with van der Waals surface area (Å²) in [5.41, 5.74) is 0. The van der Waals surface area contributed by atoms with E-state index in [0.29, 0.717) is 13.1 Å². The second-order valence-electron chi connectivity index (χ2n) is 4.34. The minimum absolute atomic E-state index is 0.00540. The SMILES string of the molecule is CC1CN(CC(=O)NCC(F)(F)F)CC(C)O1. The van der Waals surface area contributed by atoms with Crippen molar-refractivity contribution in [2.45, 2.75) is 32.2 Å². The Balaban J connectivity index is 2.30. The highest BCUT2D eigenvalue weighted by Crippen LogP contribution is 2.12. The summed E-state index contributed by atoms with van der Waals surface area (Å²) in [5, 5.41) is 1.85. The van der Waals surface area contributed by atoms with E-state index in [4.69, 9.17) is 4.74 Å². The highest BCUT2D eigenvalue weighted by Gasteiger charge is 2.29. The summed E-state index contributed by atoms with van der Waals surface area (Å²) in [6.45, 7) is 3.56. The molecule has 17 heavy (non-hydrogen) atoms. The Morgan fingerprint density at radius 2 is 1.88 bits per heavy atom. The van der Waals surface area contributed by atoms with E-state index >= 15 is 0 Å². The Morgan fingerprint density at radius 3 is 2.35 bits per heavy atom. The van der Waals surface area contributed by atoms with Crippen LogP contribution in [0.2, 0.25) is 0 Å². The maximum absolute atomic E-state index is 11.9. The summed E-state index contributed by atoms with van der Waals surface area (Å²) in [5.74, 6) is -0.608. The Hall–Kier alpha value is -0.820. The number of hydrogen-bond acceptors (Lipinski definition) is 3. The lowest BCUT2D eigenvalue weighted by Crippen LogP contribution is -2.49. The first-order chi connectivity index (χ1) is 7.76. The number of nitrogens with zero attached hydrogens (tertiary/aromatic N) is 1. The Kier molecular flexibility index (Phi) is 4.76. The smallest absolute Gasteiger partial charge is 0.373 e. The van der Waals surface area contributed by atoms with E-state index in [9.17, 15) is 18.0 Å². The van der Waals surface area contributed by atoms with Crippen LogP contribution >= 0.6 is 0 Å². The number of carbonyl (C=O) groups is 1. The van der Waals surface area contributed by atoms with Gasteiger partial charge in [-0.1, -0.05) is 0 Å². The quantitative estimate of drug-likeness (QED) is 0.809. The molecular weight excluding hydrogens is 237 g/mol. The van der Waals surface area contributed by atoms with Gasteiger partial charge in [-0.05, 0) is 13.8 Å². The van der Waals surface area contributed by atoms with Gasteiger partial charge in [0.2, 0.25) is 5.91 Å². The number of amides is 1. The fourth-order valence-corrected chi connectivity index (χ4v) is 1.87. The molecule has 0 aliphatic carbocycles. The Morgan fingerprint density at radius 1 is 1.35 bits per heavy atom. The van der Waals surface area contributed by atoms with Crippen LogP contribution in [0.15, 0.2) is 0 Å². The minimum atomic E-state index is -4.36. The van der Waals surface area contributed by atoms with Crippen LogP contribution in [-0.4, -0.2) is 55.4 Å². The Bertz CT molecular complexity index is 261. The molecule has 2 unspecified atom stereocenters. The average Bonchev–Trinajstić information content (AvgIpc) is 2.11. The van der Waals surface area contributed by atoms with Gasteiger partial charge in [-0.3, -0.25) is 9.69 Å². The lowest BCUT2D eigenvalue weighted by atomic mass is 10.2. The van der Waals surface area contributed by atoms with Crippen LogP contribution in [0, 0.1) is 0 Å². The molecule has 0 radical (unpaired) electrons. The van der Waals surface area contributed by atoms with Crippen molar-refractivity contribution in [2.75, 3.05) is 26.2 Å². The lowest BCUT2D eigenvalue weighted by molar-refractivity contribution is -0.140. The van der Waals surface area contributed by atoms with E-state index in [1.165, 1.54) is 0 Å². The average molecular weight is 254 g/mol. The van der Waals surface area contributed by atoms with Gasteiger partial charge in [-0.15, -0.1) is 0 Å². The molecule has 1 fully saturated rings. The number of halogens is 3. The number of alkyl halides is 3. The molecule has 0 bridgehead atoms. The molecule has 2 atom stereocenters. The maximum atomic E-state index is 11.9. The summed E-state index contributed by atoms with van der Waals surface area (Å²) in [6.07, 6.45) is -4.37. The van der Waals surface area contributed by atoms with Crippen molar-refractivity contribution >= 4 is 5.91 Å². The molecule has 1 aliphatic rings. The molecule has 0 saturated carbocycles. The zero-order valence-electron chi connectivity index (χ0n) is 9.88. The molecular formula is C10H17F3N2O2. The van der Waals surface area contributed by atoms with E-state index in [1.807, 2.05) is 19.2 Å². The van der Waals surface area contributed by atoms with Gasteiger partial charge in [0.05, 0.1) is 18.8 Å². The molecule has 1 rings (SSSR count). The molecule has 7 heteroatoms. The molecule has 0 aromatic carbocycles. The van der Waals surface area contributed by atoms with E-state index < -0.39 is 18.6 Å². The van der Waals surface area contributed by atoms with Crippen molar-refractivity contribution in [1.82, 2.24) is 10.2 Å². The zero-order chi connectivity index (χ0) is 13.1. The summed E-state index contributed by atoms with van der Waals surface area (Å²) < 4.78 is 41.1. The van der Waals surface area contributed by atoms with Gasteiger partial charge in [0.25, 0.3) is 0 Å². The van der Waals surface area contributed by atoms with Crippen LogP contribution in [0.4, 0.5) is 13.2 Å². The van der Waals surface area contributed by atoms with Crippen LogP contribution in [0.3, 0.4) is 0 Å². The third-order valence-electron chi connectivity index (χ3n) is 2.35. The molecule has 1 N–H and O–H groups in total. The number of hydrogen-bond donors (Lipinski definition) is 1. The maximum Gasteiger partial charge on any atom is 0.405 e. The first kappa shape index (κ1) is 14.2. The van der Waals surface area contributed by atoms with Gasteiger partial charge < -0.3 is 10.1 Å². The van der Waals surface area contributed by atoms with Crippen molar-refractivity contribution in [3.8, 4) is 0 Å². The van der Waals surface area contributed by atoms with Crippen LogP contribution < -0.4 is 5.32 Å². The molecule has 100 valence electrons. The number of rotatable bonds is 3. The van der Waals surface area contributed by atoms with Gasteiger partial charge in [0.1, 0.15) is 6.54 Å². The van der Waals surface area contributed by atoms with Crippen molar-refractivity contribution in [2.24, 2.45) is 0 Å². The normalized spacial score (nSPS) is 26.9. The number of carbonyl (C=O) groups excluding carboxylic acids is 1. The molecule has 4 nitrogen and oxygen atoms in total. The third kappa shape index (κ3) is 5.88. The highest BCUT2D eigenvalue weighted by molar-refractivity contribution is 5.78. The van der Waals surface area contributed by atoms with Crippen LogP contribution in [-0.2, 0) is 9.53 Å². The second kappa shape index (κ2) is 5.68. The second-order valence-corrected chi connectivity index (χ2v) is 4.34. The van der Waals surface area contributed by atoms with E-state index in [-0.39, 0.29) is 18.8 Å². The van der Waals surface area contributed by atoms with Crippen molar-refractivity contribution < 1.29 is 22.7 Å². The predicted molar refractivity (Wildman–Crippen MR) is 55.5 cm³/mol. The first-order valence-corrected chi connectivity index (χ1v) is 5.47. The fraction of sp³-hybridized carbons (Fsp3) is 0.900. The van der Waals surface area contributed by atoms with Gasteiger partial charge >= 0.3 is 6.18 Å². The third-order valence-corrected chi connectivity index (χ3v) is 2.35. The van der Waals surface area contributed by atoms with Crippen molar-refractivity contribution in [1.29, 1.82) is 0 Å².